The largest absolute Gasteiger partial charge is 0.494 e. The van der Waals surface area contributed by atoms with Crippen molar-refractivity contribution in [3.05, 3.63) is 42.0 Å². The Morgan fingerprint density at radius 2 is 1.86 bits per heavy atom. The number of aryl methyl sites for hydroxylation is 1. The third-order valence-corrected chi connectivity index (χ3v) is 5.76. The molecule has 0 aromatic heterocycles. The number of rotatable bonds is 9. The Hall–Kier alpha value is -2.63. The minimum Gasteiger partial charge on any atom is -0.494 e. The molecule has 2 N–H and O–H groups in total. The van der Waals surface area contributed by atoms with Gasteiger partial charge >= 0.3 is 0 Å². The lowest BCUT2D eigenvalue weighted by atomic mass is 9.81. The number of benzene rings is 1. The highest BCUT2D eigenvalue weighted by molar-refractivity contribution is 6.14. The molecule has 1 heterocycles. The molecule has 0 radical (unpaired) electrons. The predicted octanol–water partition coefficient (Wildman–Crippen LogP) is 3.45. The van der Waals surface area contributed by atoms with E-state index in [1.54, 1.807) is 6.08 Å². The van der Waals surface area contributed by atoms with Gasteiger partial charge in [0.05, 0.1) is 6.61 Å². The van der Waals surface area contributed by atoms with Crippen molar-refractivity contribution in [1.29, 1.82) is 5.41 Å². The zero-order valence-electron chi connectivity index (χ0n) is 17.2. The van der Waals surface area contributed by atoms with E-state index < -0.39 is 0 Å². The van der Waals surface area contributed by atoms with Gasteiger partial charge in [-0.1, -0.05) is 17.7 Å². The maximum absolute atomic E-state index is 12.4. The number of carbonyl (C=O) groups is 2. The van der Waals surface area contributed by atoms with Crippen molar-refractivity contribution < 1.29 is 14.3 Å². The number of unbranched alkanes of at least 4 members (excludes halogenated alkanes) is 1. The number of ether oxygens (including phenoxy) is 1. The molecule has 1 fully saturated rings. The topological polar surface area (TPSA) is 82.5 Å². The molecule has 1 saturated carbocycles. The smallest absolute Gasteiger partial charge is 0.252 e. The Balaban J connectivity index is 1.25. The molecule has 0 atom stereocenters. The number of amidine groups is 1. The molecule has 1 aromatic carbocycles. The molecule has 29 heavy (non-hydrogen) atoms. The first kappa shape index (κ1) is 21.1. The van der Waals surface area contributed by atoms with Gasteiger partial charge in [-0.2, -0.15) is 0 Å². The van der Waals surface area contributed by atoms with Crippen molar-refractivity contribution >= 4 is 17.6 Å². The van der Waals surface area contributed by atoms with Crippen LogP contribution in [0.3, 0.4) is 0 Å². The quantitative estimate of drug-likeness (QED) is 0.626. The summed E-state index contributed by atoms with van der Waals surface area (Å²) in [7, 11) is 0. The van der Waals surface area contributed by atoms with E-state index in [4.69, 9.17) is 10.1 Å². The number of amides is 2. The van der Waals surface area contributed by atoms with E-state index in [1.165, 1.54) is 16.5 Å². The second-order valence-electron chi connectivity index (χ2n) is 8.04. The summed E-state index contributed by atoms with van der Waals surface area (Å²) in [5.41, 5.74) is 1.22. The lowest BCUT2D eigenvalue weighted by Crippen LogP contribution is -2.38. The Kier molecular flexibility index (Phi) is 7.44. The third kappa shape index (κ3) is 6.17. The van der Waals surface area contributed by atoms with Gasteiger partial charge in [0.15, 0.2) is 0 Å². The molecule has 0 spiro atoms. The lowest BCUT2D eigenvalue weighted by Gasteiger charge is -2.30. The van der Waals surface area contributed by atoms with Crippen LogP contribution in [0.5, 0.6) is 5.75 Å². The Bertz CT molecular complexity index is 731. The van der Waals surface area contributed by atoms with Gasteiger partial charge in [-0.3, -0.25) is 19.9 Å². The van der Waals surface area contributed by atoms with Crippen LogP contribution < -0.4 is 10.1 Å². The predicted molar refractivity (Wildman–Crippen MR) is 113 cm³/mol. The minimum atomic E-state index is -0.0961. The second kappa shape index (κ2) is 10.2. The maximum atomic E-state index is 12.4. The fraction of sp³-hybridized carbons (Fsp3) is 0.522. The van der Waals surface area contributed by atoms with Crippen LogP contribution in [0, 0.1) is 24.2 Å². The van der Waals surface area contributed by atoms with Crippen LogP contribution in [0.1, 0.15) is 44.1 Å². The zero-order chi connectivity index (χ0) is 20.6. The van der Waals surface area contributed by atoms with Crippen molar-refractivity contribution in [2.45, 2.75) is 45.4 Å². The van der Waals surface area contributed by atoms with Crippen LogP contribution in [0.25, 0.3) is 0 Å². The summed E-state index contributed by atoms with van der Waals surface area (Å²) in [6.07, 6.45) is 8.38. The van der Waals surface area contributed by atoms with Crippen LogP contribution in [0.2, 0.25) is 0 Å². The van der Waals surface area contributed by atoms with Crippen molar-refractivity contribution in [2.75, 3.05) is 19.7 Å². The molecule has 2 amide bonds. The van der Waals surface area contributed by atoms with Crippen LogP contribution in [0.4, 0.5) is 0 Å². The number of nitrogens with zero attached hydrogens (tertiary/aromatic N) is 1. The molecule has 0 bridgehead atoms. The summed E-state index contributed by atoms with van der Waals surface area (Å²) in [5.74, 6) is 1.67. The molecule has 1 aliphatic heterocycles. The van der Waals surface area contributed by atoms with Gasteiger partial charge in [-0.15, -0.1) is 0 Å². The molecule has 6 heteroatoms. The minimum absolute atomic E-state index is 0.0712. The third-order valence-electron chi connectivity index (χ3n) is 5.76. The van der Waals surface area contributed by atoms with E-state index in [-0.39, 0.29) is 23.6 Å². The van der Waals surface area contributed by atoms with Crippen LogP contribution >= 0.6 is 0 Å². The van der Waals surface area contributed by atoms with Crippen molar-refractivity contribution in [1.82, 2.24) is 10.2 Å². The first-order valence-electron chi connectivity index (χ1n) is 10.6. The molecular weight excluding hydrogens is 366 g/mol. The number of nitrogens with one attached hydrogen (secondary N) is 2. The van der Waals surface area contributed by atoms with Crippen LogP contribution in [0.15, 0.2) is 36.4 Å². The average molecular weight is 398 g/mol. The van der Waals surface area contributed by atoms with Crippen molar-refractivity contribution in [2.24, 2.45) is 11.8 Å². The van der Waals surface area contributed by atoms with Crippen LogP contribution in [-0.4, -0.2) is 42.2 Å². The zero-order valence-corrected chi connectivity index (χ0v) is 17.2. The van der Waals surface area contributed by atoms with E-state index in [9.17, 15) is 9.59 Å². The first-order chi connectivity index (χ1) is 14.0. The molecule has 6 nitrogen and oxygen atoms in total. The Labute approximate surface area is 172 Å². The summed E-state index contributed by atoms with van der Waals surface area (Å²) in [6.45, 7) is 3.99. The Morgan fingerprint density at radius 3 is 2.52 bits per heavy atom. The SMILES string of the molecule is Cc1ccc(OCCCCNC(=O)C2CCC(CN3C(=N)C=CC3=O)CC2)cc1. The first-order valence-corrected chi connectivity index (χ1v) is 10.6. The highest BCUT2D eigenvalue weighted by Gasteiger charge is 2.29. The molecule has 0 unspecified atom stereocenters. The fourth-order valence-corrected chi connectivity index (χ4v) is 3.91. The van der Waals surface area contributed by atoms with Gasteiger partial charge in [0.2, 0.25) is 5.91 Å². The van der Waals surface area contributed by atoms with E-state index in [1.807, 2.05) is 24.3 Å². The molecule has 1 aromatic rings. The maximum Gasteiger partial charge on any atom is 0.252 e. The molecule has 3 rings (SSSR count). The average Bonchev–Trinajstić information content (AvgIpc) is 3.04. The van der Waals surface area contributed by atoms with Crippen LogP contribution in [-0.2, 0) is 9.59 Å². The number of hydrogen-bond acceptors (Lipinski definition) is 4. The molecule has 0 saturated heterocycles. The summed E-state index contributed by atoms with van der Waals surface area (Å²) in [6, 6.07) is 8.03. The molecule has 156 valence electrons. The van der Waals surface area contributed by atoms with Gasteiger partial charge in [0.1, 0.15) is 11.6 Å². The van der Waals surface area contributed by atoms with E-state index in [0.717, 1.165) is 44.3 Å². The van der Waals surface area contributed by atoms with E-state index in [0.29, 0.717) is 25.6 Å². The van der Waals surface area contributed by atoms with Crippen molar-refractivity contribution in [3.8, 4) is 5.75 Å². The second-order valence-corrected chi connectivity index (χ2v) is 8.04. The molecular formula is C23H31N3O3. The number of carbonyl (C=O) groups excluding carboxylic acids is 2. The summed E-state index contributed by atoms with van der Waals surface area (Å²) in [5, 5.41) is 10.8. The molecule has 1 aliphatic carbocycles. The molecule has 2 aliphatic rings. The van der Waals surface area contributed by atoms with E-state index >= 15 is 0 Å². The summed E-state index contributed by atoms with van der Waals surface area (Å²) in [4.78, 5) is 25.7. The van der Waals surface area contributed by atoms with Gasteiger partial charge in [0.25, 0.3) is 5.91 Å². The van der Waals surface area contributed by atoms with Gasteiger partial charge in [-0.25, -0.2) is 0 Å². The van der Waals surface area contributed by atoms with Gasteiger partial charge in [0, 0.05) is 25.1 Å². The normalized spacial score (nSPS) is 21.5. The lowest BCUT2D eigenvalue weighted by molar-refractivity contribution is -0.127. The summed E-state index contributed by atoms with van der Waals surface area (Å²) >= 11 is 0. The monoisotopic (exact) mass is 397 g/mol. The van der Waals surface area contributed by atoms with E-state index in [2.05, 4.69) is 12.2 Å². The number of hydrogen-bond donors (Lipinski definition) is 2. The highest BCUT2D eigenvalue weighted by Crippen LogP contribution is 2.30. The Morgan fingerprint density at radius 1 is 1.14 bits per heavy atom. The van der Waals surface area contributed by atoms with Gasteiger partial charge in [-0.05, 0) is 69.6 Å². The van der Waals surface area contributed by atoms with Crippen molar-refractivity contribution in [3.63, 3.8) is 0 Å². The standard InChI is InChI=1S/C23H31N3O3/c1-17-4-10-20(11-5-17)29-15-3-2-14-25-23(28)19-8-6-18(7-9-19)16-26-21(24)12-13-22(26)27/h4-5,10-13,18-19,24H,2-3,6-9,14-16H2,1H3,(H,25,28). The van der Waals surface area contributed by atoms with Gasteiger partial charge < -0.3 is 10.1 Å². The fourth-order valence-electron chi connectivity index (χ4n) is 3.91. The highest BCUT2D eigenvalue weighted by atomic mass is 16.5. The summed E-state index contributed by atoms with van der Waals surface area (Å²) < 4.78 is 5.71.